The van der Waals surface area contributed by atoms with Crippen molar-refractivity contribution in [3.63, 3.8) is 0 Å². The Balaban J connectivity index is 2.20. The van der Waals surface area contributed by atoms with E-state index in [1.807, 2.05) is 12.2 Å². The van der Waals surface area contributed by atoms with Gasteiger partial charge in [-0.1, -0.05) is 0 Å². The molecule has 0 amide bonds. The summed E-state index contributed by atoms with van der Waals surface area (Å²) in [5.74, 6) is 0. The minimum absolute atomic E-state index is 0.949. The molecular weight excluding hydrogens is 239 g/mol. The molecule has 0 bridgehead atoms. The van der Waals surface area contributed by atoms with Crippen molar-refractivity contribution in [3.8, 4) is 0 Å². The van der Waals surface area contributed by atoms with E-state index in [1.54, 1.807) is 0 Å². The third-order valence-electron chi connectivity index (χ3n) is 2.35. The monoisotopic (exact) mass is 248 g/mol. The van der Waals surface area contributed by atoms with Crippen LogP contribution in [0.3, 0.4) is 0 Å². The van der Waals surface area contributed by atoms with Crippen LogP contribution in [0, 0.1) is 0 Å². The third kappa shape index (κ3) is 1.87. The van der Waals surface area contributed by atoms with Crippen LogP contribution in [0.15, 0.2) is 44.2 Å². The average molecular weight is 249 g/mol. The SMILES string of the molecule is [Cl][Ti]([Cl])([C]1=CC=CC1)[C]1=CC=CC1. The van der Waals surface area contributed by atoms with Gasteiger partial charge in [-0.25, -0.2) is 0 Å². The third-order valence-corrected chi connectivity index (χ3v) is 10.0. The summed E-state index contributed by atoms with van der Waals surface area (Å²) in [6, 6.07) is 0. The van der Waals surface area contributed by atoms with E-state index in [-0.39, 0.29) is 0 Å². The van der Waals surface area contributed by atoms with E-state index < -0.39 is 14.5 Å². The summed E-state index contributed by atoms with van der Waals surface area (Å²) >= 11 is -2.82. The number of halogens is 2. The molecule has 0 aliphatic heterocycles. The van der Waals surface area contributed by atoms with Crippen molar-refractivity contribution in [2.45, 2.75) is 12.8 Å². The Bertz CT molecular complexity index is 303. The molecule has 0 fully saturated rings. The van der Waals surface area contributed by atoms with E-state index in [4.69, 9.17) is 18.6 Å². The number of rotatable bonds is 2. The Kier molecular flexibility index (Phi) is 2.85. The van der Waals surface area contributed by atoms with E-state index >= 15 is 0 Å². The van der Waals surface area contributed by atoms with E-state index in [1.165, 1.54) is 7.76 Å². The molecule has 0 heterocycles. The van der Waals surface area contributed by atoms with Gasteiger partial charge in [0.15, 0.2) is 0 Å². The molecule has 2 aliphatic rings. The molecule has 0 aromatic rings. The Morgan fingerprint density at radius 3 is 1.69 bits per heavy atom. The first-order valence-corrected chi connectivity index (χ1v) is 10.2. The molecule has 2 aliphatic carbocycles. The van der Waals surface area contributed by atoms with Crippen LogP contribution >= 0.6 is 18.6 Å². The molecule has 0 atom stereocenters. The molecule has 0 spiro atoms. The summed E-state index contributed by atoms with van der Waals surface area (Å²) in [4.78, 5) is 0. The second-order valence-electron chi connectivity index (χ2n) is 3.22. The van der Waals surface area contributed by atoms with Gasteiger partial charge in [-0.2, -0.15) is 0 Å². The first kappa shape index (κ1) is 9.80. The predicted octanol–water partition coefficient (Wildman–Crippen LogP) is 4.14. The number of hydrogen-bond acceptors (Lipinski definition) is 0. The van der Waals surface area contributed by atoms with Gasteiger partial charge in [-0.3, -0.25) is 0 Å². The van der Waals surface area contributed by atoms with Gasteiger partial charge in [0, 0.05) is 0 Å². The van der Waals surface area contributed by atoms with Crippen LogP contribution < -0.4 is 0 Å². The predicted molar refractivity (Wildman–Crippen MR) is 55.4 cm³/mol. The van der Waals surface area contributed by atoms with Crippen LogP contribution in [0.25, 0.3) is 0 Å². The first-order chi connectivity index (χ1) is 6.21. The zero-order valence-corrected chi connectivity index (χ0v) is 10.2. The van der Waals surface area contributed by atoms with Crippen molar-refractivity contribution in [2.75, 3.05) is 0 Å². The molecule has 68 valence electrons. The van der Waals surface area contributed by atoms with E-state index in [0.29, 0.717) is 0 Å². The standard InChI is InChI=1S/2C5H5.2ClH.Ti/c2*1-2-4-5-3-1;;;/h2*1-3H,4H2;2*1H;/q;;;;+2/p-2. The van der Waals surface area contributed by atoms with Crippen LogP contribution in [-0.4, -0.2) is 0 Å². The van der Waals surface area contributed by atoms with Gasteiger partial charge in [0.05, 0.1) is 0 Å². The molecule has 0 saturated carbocycles. The minimum atomic E-state index is -2.82. The molecule has 0 saturated heterocycles. The first-order valence-electron chi connectivity index (χ1n) is 4.31. The van der Waals surface area contributed by atoms with Crippen molar-refractivity contribution in [3.05, 3.63) is 44.2 Å². The Morgan fingerprint density at radius 2 is 1.38 bits per heavy atom. The van der Waals surface area contributed by atoms with Crippen molar-refractivity contribution < 1.29 is 14.5 Å². The van der Waals surface area contributed by atoms with Crippen molar-refractivity contribution in [2.24, 2.45) is 0 Å². The maximum atomic E-state index is 6.49. The molecule has 0 aromatic heterocycles. The van der Waals surface area contributed by atoms with Crippen molar-refractivity contribution >= 4 is 18.6 Å². The maximum absolute atomic E-state index is 6.49. The molecule has 2 rings (SSSR count). The fraction of sp³-hybridized carbons (Fsp3) is 0.200. The molecule has 0 radical (unpaired) electrons. The van der Waals surface area contributed by atoms with Crippen molar-refractivity contribution in [1.82, 2.24) is 0 Å². The van der Waals surface area contributed by atoms with E-state index in [9.17, 15) is 0 Å². The second-order valence-corrected chi connectivity index (χ2v) is 12.5. The fourth-order valence-electron chi connectivity index (χ4n) is 1.57. The van der Waals surface area contributed by atoms with Crippen LogP contribution in [0.1, 0.15) is 12.8 Å². The quantitative estimate of drug-likeness (QED) is 0.645. The molecule has 0 nitrogen and oxygen atoms in total. The van der Waals surface area contributed by atoms with Gasteiger partial charge in [0.1, 0.15) is 0 Å². The van der Waals surface area contributed by atoms with Gasteiger partial charge in [0.2, 0.25) is 0 Å². The normalized spacial score (nSPS) is 20.8. The molecule has 0 aromatic carbocycles. The van der Waals surface area contributed by atoms with Crippen molar-refractivity contribution in [1.29, 1.82) is 0 Å². The van der Waals surface area contributed by atoms with Crippen LogP contribution in [0.5, 0.6) is 0 Å². The molecule has 3 heteroatoms. The Morgan fingerprint density at radius 1 is 0.923 bits per heavy atom. The summed E-state index contributed by atoms with van der Waals surface area (Å²) in [5, 5.41) is 0. The van der Waals surface area contributed by atoms with Crippen LogP contribution in [0.4, 0.5) is 0 Å². The van der Waals surface area contributed by atoms with Crippen LogP contribution in [-0.2, 0) is 14.5 Å². The molecular formula is C10H10Cl2Ti. The zero-order valence-electron chi connectivity index (χ0n) is 7.13. The molecule has 0 unspecified atom stereocenters. The zero-order chi connectivity index (χ0) is 9.31. The summed E-state index contributed by atoms with van der Waals surface area (Å²) in [6.07, 6.45) is 14.4. The second kappa shape index (κ2) is 3.78. The molecule has 0 N–H and O–H groups in total. The summed E-state index contributed by atoms with van der Waals surface area (Å²) in [6.45, 7) is 0. The Hall–Kier alpha value is 0.254. The topological polar surface area (TPSA) is 0 Å². The summed E-state index contributed by atoms with van der Waals surface area (Å²) in [5.41, 5.74) is 0. The van der Waals surface area contributed by atoms with Gasteiger partial charge < -0.3 is 0 Å². The fourth-order valence-corrected chi connectivity index (χ4v) is 6.64. The Labute approximate surface area is 89.7 Å². The molecule has 13 heavy (non-hydrogen) atoms. The van der Waals surface area contributed by atoms with Gasteiger partial charge in [0.25, 0.3) is 0 Å². The van der Waals surface area contributed by atoms with E-state index in [2.05, 4.69) is 24.3 Å². The van der Waals surface area contributed by atoms with Gasteiger partial charge in [-0.15, -0.1) is 0 Å². The van der Waals surface area contributed by atoms with E-state index in [0.717, 1.165) is 12.8 Å². The van der Waals surface area contributed by atoms with Crippen LogP contribution in [0.2, 0.25) is 0 Å². The summed E-state index contributed by atoms with van der Waals surface area (Å²) < 4.78 is 2.52. The number of allylic oxidation sites excluding steroid dienone is 8. The number of hydrogen-bond donors (Lipinski definition) is 0. The van der Waals surface area contributed by atoms with Gasteiger partial charge >= 0.3 is 90.1 Å². The van der Waals surface area contributed by atoms with Gasteiger partial charge in [-0.05, 0) is 0 Å². The summed E-state index contributed by atoms with van der Waals surface area (Å²) in [7, 11) is 13.0. The average Bonchev–Trinajstić information content (AvgIpc) is 2.78.